The van der Waals surface area contributed by atoms with E-state index in [0.717, 1.165) is 34.3 Å². The molecule has 0 aliphatic carbocycles. The molecule has 0 N–H and O–H groups in total. The monoisotopic (exact) mass is 610 g/mol. The van der Waals surface area contributed by atoms with Gasteiger partial charge in [0.1, 0.15) is 0 Å². The van der Waals surface area contributed by atoms with Gasteiger partial charge < -0.3 is 0 Å². The van der Waals surface area contributed by atoms with Gasteiger partial charge in [0.15, 0.2) is 0 Å². The second kappa shape index (κ2) is 11.0. The minimum atomic E-state index is -1.84. The van der Waals surface area contributed by atoms with Crippen LogP contribution in [0.2, 0.25) is 0 Å². The predicted molar refractivity (Wildman–Crippen MR) is 127 cm³/mol. The molecule has 4 aromatic carbocycles. The molecule has 0 saturated heterocycles. The average Bonchev–Trinajstić information content (AvgIpc) is 2.88. The summed E-state index contributed by atoms with van der Waals surface area (Å²) in [7, 11) is 3.37. The van der Waals surface area contributed by atoms with Gasteiger partial charge in [0, 0.05) is 0 Å². The number of aliphatic imine (C=N–C) groups is 1. The van der Waals surface area contributed by atoms with E-state index in [1.807, 2.05) is 42.5 Å². The van der Waals surface area contributed by atoms with Crippen LogP contribution in [0.25, 0.3) is 0 Å². The normalized spacial score (nSPS) is 10.9. The molecular weight excluding hydrogens is 585 g/mol. The SMILES string of the molecule is COc1ccc(N=C(c2ccccc2)[N]([Hg][c]2ccccc2)c2ccc(OC)cc2)cc1. The van der Waals surface area contributed by atoms with Crippen molar-refractivity contribution in [1.29, 1.82) is 0 Å². The van der Waals surface area contributed by atoms with Crippen molar-refractivity contribution in [2.75, 3.05) is 16.9 Å². The quantitative estimate of drug-likeness (QED) is 0.155. The molecule has 0 aromatic heterocycles. The molecule has 32 heavy (non-hydrogen) atoms. The first-order valence-electron chi connectivity index (χ1n) is 10.5. The number of hydrogen-bond donors (Lipinski definition) is 0. The molecular formula is C27H24HgN2O2. The van der Waals surface area contributed by atoms with Gasteiger partial charge in [-0.05, 0) is 0 Å². The van der Waals surface area contributed by atoms with Crippen LogP contribution in [0.15, 0.2) is 114 Å². The summed E-state index contributed by atoms with van der Waals surface area (Å²) in [5.74, 6) is 2.63. The van der Waals surface area contributed by atoms with Gasteiger partial charge in [0.25, 0.3) is 0 Å². The van der Waals surface area contributed by atoms with Gasteiger partial charge in [-0.1, -0.05) is 0 Å². The van der Waals surface area contributed by atoms with E-state index >= 15 is 0 Å². The summed E-state index contributed by atoms with van der Waals surface area (Å²) in [4.78, 5) is 5.13. The summed E-state index contributed by atoms with van der Waals surface area (Å²) in [5, 5.41) is 0. The zero-order chi connectivity index (χ0) is 22.2. The molecule has 0 saturated carbocycles. The van der Waals surface area contributed by atoms with Crippen LogP contribution in [0.1, 0.15) is 5.56 Å². The van der Waals surface area contributed by atoms with E-state index in [1.165, 1.54) is 3.07 Å². The summed E-state index contributed by atoms with van der Waals surface area (Å²) in [6, 6.07) is 37.3. The van der Waals surface area contributed by atoms with Gasteiger partial charge in [-0.15, -0.1) is 0 Å². The third-order valence-electron chi connectivity index (χ3n) is 5.16. The van der Waals surface area contributed by atoms with Crippen LogP contribution in [0, 0.1) is 0 Å². The van der Waals surface area contributed by atoms with Gasteiger partial charge in [0.2, 0.25) is 0 Å². The van der Waals surface area contributed by atoms with Gasteiger partial charge in [-0.2, -0.15) is 0 Å². The fourth-order valence-electron chi connectivity index (χ4n) is 3.46. The van der Waals surface area contributed by atoms with Gasteiger partial charge in [-0.3, -0.25) is 0 Å². The summed E-state index contributed by atoms with van der Waals surface area (Å²) < 4.78 is 14.6. The number of methoxy groups -OCH3 is 2. The van der Waals surface area contributed by atoms with E-state index < -0.39 is 24.9 Å². The van der Waals surface area contributed by atoms with Gasteiger partial charge in [0.05, 0.1) is 0 Å². The second-order valence-corrected chi connectivity index (χ2v) is 14.1. The summed E-state index contributed by atoms with van der Waals surface area (Å²) >= 11 is -1.84. The number of anilines is 1. The Hall–Kier alpha value is -3.11. The number of amidine groups is 1. The fourth-order valence-corrected chi connectivity index (χ4v) is 9.86. The van der Waals surface area contributed by atoms with Crippen molar-refractivity contribution < 1.29 is 34.3 Å². The van der Waals surface area contributed by atoms with Crippen LogP contribution in [0.5, 0.6) is 11.5 Å². The molecule has 0 fully saturated rings. The summed E-state index contributed by atoms with van der Waals surface area (Å²) in [5.41, 5.74) is 3.12. The van der Waals surface area contributed by atoms with Crippen molar-refractivity contribution >= 4 is 20.3 Å². The Labute approximate surface area is 202 Å². The van der Waals surface area contributed by atoms with Crippen LogP contribution >= 0.6 is 0 Å². The zero-order valence-corrected chi connectivity index (χ0v) is 23.8. The molecule has 4 rings (SSSR count). The van der Waals surface area contributed by atoms with Crippen molar-refractivity contribution in [3.05, 3.63) is 115 Å². The summed E-state index contributed by atoms with van der Waals surface area (Å²) in [6.07, 6.45) is 0. The van der Waals surface area contributed by atoms with Crippen LogP contribution in [0.4, 0.5) is 11.4 Å². The molecule has 0 heterocycles. The Kier molecular flexibility index (Phi) is 7.57. The number of ether oxygens (including phenoxy) is 2. The summed E-state index contributed by atoms with van der Waals surface area (Å²) in [6.45, 7) is 0. The second-order valence-electron chi connectivity index (χ2n) is 7.27. The molecule has 5 heteroatoms. The maximum absolute atomic E-state index is 5.39. The van der Waals surface area contributed by atoms with Crippen LogP contribution < -0.4 is 15.2 Å². The number of benzene rings is 4. The fraction of sp³-hybridized carbons (Fsp3) is 0.0741. The van der Waals surface area contributed by atoms with E-state index in [1.54, 1.807) is 14.2 Å². The van der Waals surface area contributed by atoms with E-state index in [9.17, 15) is 0 Å². The van der Waals surface area contributed by atoms with Crippen molar-refractivity contribution in [2.24, 2.45) is 4.99 Å². The molecule has 0 spiro atoms. The Bertz CT molecular complexity index is 1150. The minimum absolute atomic E-state index is 0.821. The first-order valence-corrected chi connectivity index (χ1v) is 15.7. The first-order chi connectivity index (χ1) is 15.8. The molecule has 0 radical (unpaired) electrons. The number of hydrogen-bond acceptors (Lipinski definition) is 3. The Morgan fingerprint density at radius 2 is 1.19 bits per heavy atom. The molecule has 4 nitrogen and oxygen atoms in total. The van der Waals surface area contributed by atoms with Crippen molar-refractivity contribution in [3.63, 3.8) is 0 Å². The standard InChI is InChI=1S/C21H19N2O2.C6H5.Hg/c1-24-19-12-8-17(9-13-19)22-21(16-6-4-3-5-7-16)23-18-10-14-20(25-2)15-11-18;1-2-4-6-5-3-1;/h3-15H,1-2H3;1-5H;/q-1;;+1. The van der Waals surface area contributed by atoms with Crippen LogP contribution in [0.3, 0.4) is 0 Å². The van der Waals surface area contributed by atoms with Gasteiger partial charge >= 0.3 is 203 Å². The van der Waals surface area contributed by atoms with Crippen molar-refractivity contribution in [3.8, 4) is 11.5 Å². The first kappa shape index (κ1) is 22.1. The predicted octanol–water partition coefficient (Wildman–Crippen LogP) is 5.61. The van der Waals surface area contributed by atoms with Crippen molar-refractivity contribution in [2.45, 2.75) is 0 Å². The molecule has 0 aliphatic heterocycles. The van der Waals surface area contributed by atoms with Crippen molar-refractivity contribution in [1.82, 2.24) is 0 Å². The molecule has 0 bridgehead atoms. The third kappa shape index (κ3) is 5.57. The van der Waals surface area contributed by atoms with E-state index in [2.05, 4.69) is 69.4 Å². The van der Waals surface area contributed by atoms with Crippen LogP contribution in [-0.2, 0) is 24.9 Å². The van der Waals surface area contributed by atoms with Crippen LogP contribution in [-0.4, -0.2) is 20.1 Å². The average molecular weight is 609 g/mol. The molecule has 0 amide bonds. The molecule has 0 atom stereocenters. The van der Waals surface area contributed by atoms with E-state index in [0.29, 0.717) is 0 Å². The molecule has 156 valence electrons. The molecule has 0 unspecified atom stereocenters. The van der Waals surface area contributed by atoms with E-state index in [-0.39, 0.29) is 0 Å². The number of rotatable bonds is 7. The Morgan fingerprint density at radius 3 is 1.75 bits per heavy atom. The van der Waals surface area contributed by atoms with Gasteiger partial charge in [-0.25, -0.2) is 0 Å². The van der Waals surface area contributed by atoms with E-state index in [4.69, 9.17) is 14.5 Å². The topological polar surface area (TPSA) is 34.1 Å². The molecule has 0 aliphatic rings. The molecule has 4 aromatic rings. The Morgan fingerprint density at radius 1 is 0.656 bits per heavy atom. The number of nitrogens with zero attached hydrogens (tertiary/aromatic N) is 2. The zero-order valence-electron chi connectivity index (χ0n) is 18.3. The maximum atomic E-state index is 5.39. The third-order valence-corrected chi connectivity index (χ3v) is 12.2. The Balaban J connectivity index is 1.83.